The quantitative estimate of drug-likeness (QED) is 0.526. The summed E-state index contributed by atoms with van der Waals surface area (Å²) in [6.45, 7) is 2.13. The molecular weight excluding hydrogens is 291 g/mol. The molecule has 1 atom stereocenters. The molecule has 0 fully saturated rings. The van der Waals surface area contributed by atoms with Gasteiger partial charge >= 0.3 is 0 Å². The minimum atomic E-state index is -0.231. The molecular formula is C17H14ClFS. The van der Waals surface area contributed by atoms with Crippen LogP contribution in [0, 0.1) is 5.82 Å². The van der Waals surface area contributed by atoms with Gasteiger partial charge in [-0.3, -0.25) is 0 Å². The zero-order valence-corrected chi connectivity index (χ0v) is 12.6. The lowest BCUT2D eigenvalue weighted by Gasteiger charge is -2.12. The molecule has 1 heterocycles. The normalized spacial score (nSPS) is 12.8. The predicted molar refractivity (Wildman–Crippen MR) is 85.3 cm³/mol. The van der Waals surface area contributed by atoms with Gasteiger partial charge in [-0.2, -0.15) is 0 Å². The number of thiophene rings is 1. The van der Waals surface area contributed by atoms with Crippen LogP contribution in [0.2, 0.25) is 0 Å². The molecule has 3 aromatic rings. The van der Waals surface area contributed by atoms with E-state index in [1.165, 1.54) is 10.9 Å². The van der Waals surface area contributed by atoms with Crippen LogP contribution in [0.3, 0.4) is 0 Å². The Morgan fingerprint density at radius 3 is 2.50 bits per heavy atom. The molecule has 0 saturated heterocycles. The van der Waals surface area contributed by atoms with Crippen LogP contribution in [0.25, 0.3) is 10.8 Å². The molecule has 0 N–H and O–H groups in total. The Hall–Kier alpha value is -1.38. The molecule has 102 valence electrons. The molecule has 0 bridgehead atoms. The van der Waals surface area contributed by atoms with E-state index in [-0.39, 0.29) is 11.2 Å². The van der Waals surface area contributed by atoms with E-state index >= 15 is 0 Å². The fourth-order valence-electron chi connectivity index (χ4n) is 2.38. The molecule has 3 heteroatoms. The second-order valence-corrected chi connectivity index (χ2v) is 6.34. The number of fused-ring (bicyclic) bond motifs is 1. The average Bonchev–Trinajstić information content (AvgIpc) is 2.96. The summed E-state index contributed by atoms with van der Waals surface area (Å²) in [6, 6.07) is 15.0. The largest absolute Gasteiger partial charge is 0.206 e. The van der Waals surface area contributed by atoms with E-state index in [9.17, 15) is 4.39 Å². The van der Waals surface area contributed by atoms with Crippen LogP contribution in [0.5, 0.6) is 0 Å². The molecule has 0 radical (unpaired) electrons. The van der Waals surface area contributed by atoms with Crippen molar-refractivity contribution in [3.63, 3.8) is 0 Å². The molecule has 0 aliphatic rings. The standard InChI is InChI=1S/C17H14ClFS/c1-2-11-7-10-16(20-11)17(18)14-8-9-15(19)13-6-4-3-5-12(13)14/h3-10,17H,2H2,1H3. The van der Waals surface area contributed by atoms with Gasteiger partial charge in [0.15, 0.2) is 0 Å². The number of aryl methyl sites for hydroxylation is 1. The summed E-state index contributed by atoms with van der Waals surface area (Å²) in [5, 5.41) is 1.28. The van der Waals surface area contributed by atoms with Crippen molar-refractivity contribution < 1.29 is 4.39 Å². The number of benzene rings is 2. The first kappa shape index (κ1) is 13.6. The van der Waals surface area contributed by atoms with E-state index in [0.717, 1.165) is 22.2 Å². The summed E-state index contributed by atoms with van der Waals surface area (Å²) < 4.78 is 13.9. The first-order chi connectivity index (χ1) is 9.70. The summed E-state index contributed by atoms with van der Waals surface area (Å²) in [5.41, 5.74) is 0.966. The Labute approximate surface area is 126 Å². The third-order valence-corrected chi connectivity index (χ3v) is 5.35. The molecule has 0 aliphatic heterocycles. The topological polar surface area (TPSA) is 0 Å². The van der Waals surface area contributed by atoms with Gasteiger partial charge in [0, 0.05) is 15.1 Å². The van der Waals surface area contributed by atoms with E-state index in [4.69, 9.17) is 11.6 Å². The molecule has 0 saturated carbocycles. The van der Waals surface area contributed by atoms with E-state index in [1.807, 2.05) is 18.2 Å². The van der Waals surface area contributed by atoms with Crippen LogP contribution in [-0.4, -0.2) is 0 Å². The monoisotopic (exact) mass is 304 g/mol. The van der Waals surface area contributed by atoms with Gasteiger partial charge in [-0.25, -0.2) is 4.39 Å². The van der Waals surface area contributed by atoms with Crippen molar-refractivity contribution in [3.05, 3.63) is 69.7 Å². The third-order valence-electron chi connectivity index (χ3n) is 3.46. The second kappa shape index (κ2) is 5.55. The van der Waals surface area contributed by atoms with Crippen molar-refractivity contribution in [3.8, 4) is 0 Å². The zero-order valence-electron chi connectivity index (χ0n) is 11.1. The number of hydrogen-bond acceptors (Lipinski definition) is 1. The zero-order chi connectivity index (χ0) is 14.1. The summed E-state index contributed by atoms with van der Waals surface area (Å²) in [6.07, 6.45) is 1.01. The highest BCUT2D eigenvalue weighted by molar-refractivity contribution is 7.12. The fraction of sp³-hybridized carbons (Fsp3) is 0.176. The smallest absolute Gasteiger partial charge is 0.131 e. The van der Waals surface area contributed by atoms with Crippen LogP contribution in [0.1, 0.15) is 27.6 Å². The average molecular weight is 305 g/mol. The van der Waals surface area contributed by atoms with Crippen molar-refractivity contribution in [2.45, 2.75) is 18.7 Å². The molecule has 0 nitrogen and oxygen atoms in total. The van der Waals surface area contributed by atoms with E-state index in [2.05, 4.69) is 19.1 Å². The summed E-state index contributed by atoms with van der Waals surface area (Å²) in [4.78, 5) is 2.43. The van der Waals surface area contributed by atoms with Crippen LogP contribution in [-0.2, 0) is 6.42 Å². The van der Waals surface area contributed by atoms with Crippen LogP contribution < -0.4 is 0 Å². The van der Waals surface area contributed by atoms with Gasteiger partial charge in [0.1, 0.15) is 5.82 Å². The molecule has 0 aliphatic carbocycles. The summed E-state index contributed by atoms with van der Waals surface area (Å²) in [7, 11) is 0. The van der Waals surface area contributed by atoms with E-state index in [1.54, 1.807) is 23.5 Å². The minimum absolute atomic E-state index is 0.200. The molecule has 0 amide bonds. The van der Waals surface area contributed by atoms with Gasteiger partial charge in [0.25, 0.3) is 0 Å². The second-order valence-electron chi connectivity index (χ2n) is 4.70. The Morgan fingerprint density at radius 1 is 1.05 bits per heavy atom. The maximum absolute atomic E-state index is 13.9. The molecule has 1 unspecified atom stereocenters. The number of halogens is 2. The molecule has 2 aromatic carbocycles. The Bertz CT molecular complexity index is 748. The molecule has 3 rings (SSSR count). The first-order valence-electron chi connectivity index (χ1n) is 6.60. The van der Waals surface area contributed by atoms with Gasteiger partial charge < -0.3 is 0 Å². The lowest BCUT2D eigenvalue weighted by Crippen LogP contribution is -1.93. The van der Waals surface area contributed by atoms with Crippen LogP contribution >= 0.6 is 22.9 Å². The van der Waals surface area contributed by atoms with E-state index < -0.39 is 0 Å². The van der Waals surface area contributed by atoms with Gasteiger partial charge in [-0.1, -0.05) is 37.3 Å². The minimum Gasteiger partial charge on any atom is -0.206 e. The van der Waals surface area contributed by atoms with Crippen LogP contribution in [0.15, 0.2) is 48.5 Å². The van der Waals surface area contributed by atoms with Gasteiger partial charge in [-0.15, -0.1) is 22.9 Å². The number of hydrogen-bond donors (Lipinski definition) is 0. The third kappa shape index (κ3) is 2.34. The highest BCUT2D eigenvalue weighted by Crippen LogP contribution is 2.37. The predicted octanol–water partition coefficient (Wildman–Crippen LogP) is 5.93. The number of rotatable bonds is 3. The molecule has 0 spiro atoms. The Balaban J connectivity index is 2.12. The summed E-state index contributed by atoms with van der Waals surface area (Å²) in [5.74, 6) is -0.200. The lowest BCUT2D eigenvalue weighted by atomic mass is 10.0. The Kier molecular flexibility index (Phi) is 3.77. The highest BCUT2D eigenvalue weighted by atomic mass is 35.5. The van der Waals surface area contributed by atoms with E-state index in [0.29, 0.717) is 5.39 Å². The fourth-order valence-corrected chi connectivity index (χ4v) is 3.73. The van der Waals surface area contributed by atoms with Gasteiger partial charge in [0.05, 0.1) is 5.38 Å². The van der Waals surface area contributed by atoms with Crippen molar-refractivity contribution in [2.75, 3.05) is 0 Å². The van der Waals surface area contributed by atoms with Crippen LogP contribution in [0.4, 0.5) is 4.39 Å². The highest BCUT2D eigenvalue weighted by Gasteiger charge is 2.17. The van der Waals surface area contributed by atoms with Crippen molar-refractivity contribution in [2.24, 2.45) is 0 Å². The van der Waals surface area contributed by atoms with Crippen molar-refractivity contribution >= 4 is 33.7 Å². The Morgan fingerprint density at radius 2 is 1.80 bits per heavy atom. The van der Waals surface area contributed by atoms with Gasteiger partial charge in [0.2, 0.25) is 0 Å². The number of alkyl halides is 1. The maximum atomic E-state index is 13.9. The maximum Gasteiger partial charge on any atom is 0.131 e. The van der Waals surface area contributed by atoms with Crippen molar-refractivity contribution in [1.29, 1.82) is 0 Å². The summed E-state index contributed by atoms with van der Waals surface area (Å²) >= 11 is 8.34. The lowest BCUT2D eigenvalue weighted by molar-refractivity contribution is 0.639. The molecule has 20 heavy (non-hydrogen) atoms. The SMILES string of the molecule is CCc1ccc(C(Cl)c2ccc(F)c3ccccc23)s1. The first-order valence-corrected chi connectivity index (χ1v) is 7.86. The van der Waals surface area contributed by atoms with Gasteiger partial charge in [-0.05, 0) is 35.6 Å². The molecule has 1 aromatic heterocycles. The van der Waals surface area contributed by atoms with Crippen molar-refractivity contribution in [1.82, 2.24) is 0 Å².